The van der Waals surface area contributed by atoms with Crippen LogP contribution in [0, 0.1) is 6.92 Å². The molecule has 0 radical (unpaired) electrons. The number of hydrogen-bond acceptors (Lipinski definition) is 5. The molecule has 0 aromatic carbocycles. The SMILES string of the molecule is Cc1cc(NC2CCN(CC(F)(F)F)C2=O)nc(-c2cccnc2)n1. The van der Waals surface area contributed by atoms with Crippen molar-refractivity contribution in [2.75, 3.05) is 18.4 Å². The second-order valence-electron chi connectivity index (χ2n) is 5.82. The minimum absolute atomic E-state index is 0.0650. The topological polar surface area (TPSA) is 71.0 Å². The Bertz CT molecular complexity index is 766. The molecule has 0 bridgehead atoms. The van der Waals surface area contributed by atoms with Crippen LogP contribution in [0.1, 0.15) is 12.1 Å². The molecule has 1 aliphatic heterocycles. The second-order valence-corrected chi connectivity index (χ2v) is 5.82. The van der Waals surface area contributed by atoms with Crippen molar-refractivity contribution in [1.29, 1.82) is 0 Å². The molecular weight excluding hydrogens is 335 g/mol. The number of nitrogens with one attached hydrogen (secondary N) is 1. The van der Waals surface area contributed by atoms with Crippen molar-refractivity contribution < 1.29 is 18.0 Å². The number of likely N-dealkylation sites (tertiary alicyclic amines) is 1. The molecule has 1 aliphatic rings. The predicted molar refractivity (Wildman–Crippen MR) is 84.7 cm³/mol. The van der Waals surface area contributed by atoms with Crippen LogP contribution in [0.25, 0.3) is 11.4 Å². The van der Waals surface area contributed by atoms with E-state index in [1.165, 1.54) is 0 Å². The van der Waals surface area contributed by atoms with Crippen LogP contribution in [0.15, 0.2) is 30.6 Å². The summed E-state index contributed by atoms with van der Waals surface area (Å²) in [5.41, 5.74) is 1.39. The zero-order chi connectivity index (χ0) is 18.0. The smallest absolute Gasteiger partial charge is 0.358 e. The summed E-state index contributed by atoms with van der Waals surface area (Å²) < 4.78 is 37.5. The van der Waals surface area contributed by atoms with Gasteiger partial charge in [-0.05, 0) is 25.5 Å². The zero-order valence-electron chi connectivity index (χ0n) is 13.4. The first-order valence-corrected chi connectivity index (χ1v) is 7.70. The first-order valence-electron chi connectivity index (χ1n) is 7.70. The maximum absolute atomic E-state index is 12.5. The Hall–Kier alpha value is -2.71. The molecule has 0 saturated carbocycles. The summed E-state index contributed by atoms with van der Waals surface area (Å²) in [5.74, 6) is 0.267. The summed E-state index contributed by atoms with van der Waals surface area (Å²) in [6.45, 7) is 0.614. The Morgan fingerprint density at radius 1 is 1.36 bits per heavy atom. The van der Waals surface area contributed by atoms with Crippen molar-refractivity contribution in [3.05, 3.63) is 36.3 Å². The van der Waals surface area contributed by atoms with Crippen molar-refractivity contribution in [3.8, 4) is 11.4 Å². The molecule has 0 aliphatic carbocycles. The van der Waals surface area contributed by atoms with Gasteiger partial charge in [-0.2, -0.15) is 13.2 Å². The number of hydrogen-bond donors (Lipinski definition) is 1. The van der Waals surface area contributed by atoms with Gasteiger partial charge in [-0.1, -0.05) is 0 Å². The lowest BCUT2D eigenvalue weighted by atomic mass is 10.2. The number of aromatic nitrogens is 3. The van der Waals surface area contributed by atoms with Gasteiger partial charge < -0.3 is 10.2 Å². The molecule has 1 fully saturated rings. The van der Waals surface area contributed by atoms with Crippen molar-refractivity contribution in [2.24, 2.45) is 0 Å². The Morgan fingerprint density at radius 2 is 2.16 bits per heavy atom. The molecule has 0 spiro atoms. The number of carbonyl (C=O) groups excluding carboxylic acids is 1. The van der Waals surface area contributed by atoms with Crippen LogP contribution in [0.5, 0.6) is 0 Å². The van der Waals surface area contributed by atoms with Crippen LogP contribution >= 0.6 is 0 Å². The van der Waals surface area contributed by atoms with Crippen LogP contribution < -0.4 is 5.32 Å². The Kier molecular flexibility index (Phi) is 4.56. The summed E-state index contributed by atoms with van der Waals surface area (Å²) in [6, 6.07) is 4.49. The minimum Gasteiger partial charge on any atom is -0.358 e. The number of rotatable bonds is 4. The molecule has 6 nitrogen and oxygen atoms in total. The highest BCUT2D eigenvalue weighted by Gasteiger charge is 2.39. The number of carbonyl (C=O) groups is 1. The molecule has 3 heterocycles. The number of alkyl halides is 3. The summed E-state index contributed by atoms with van der Waals surface area (Å²) in [6.07, 6.45) is -0.862. The summed E-state index contributed by atoms with van der Waals surface area (Å²) in [7, 11) is 0. The highest BCUT2D eigenvalue weighted by molar-refractivity contribution is 5.86. The monoisotopic (exact) mass is 351 g/mol. The summed E-state index contributed by atoms with van der Waals surface area (Å²) in [5, 5.41) is 2.93. The lowest BCUT2D eigenvalue weighted by molar-refractivity contribution is -0.157. The van der Waals surface area contributed by atoms with Gasteiger partial charge in [0.2, 0.25) is 5.91 Å². The third-order valence-corrected chi connectivity index (χ3v) is 3.76. The standard InChI is InChI=1S/C16H16F3N5O/c1-10-7-13(23-14(21-10)11-3-2-5-20-8-11)22-12-4-6-24(15(12)25)9-16(17,18)19/h2-3,5,7-8,12H,4,6,9H2,1H3,(H,21,22,23). The second kappa shape index (κ2) is 6.66. The van der Waals surface area contributed by atoms with Crippen LogP contribution in [0.2, 0.25) is 0 Å². The fourth-order valence-corrected chi connectivity index (χ4v) is 2.69. The van der Waals surface area contributed by atoms with Gasteiger partial charge in [0.25, 0.3) is 0 Å². The summed E-state index contributed by atoms with van der Waals surface area (Å²) in [4.78, 5) is 25.6. The highest BCUT2D eigenvalue weighted by atomic mass is 19.4. The Balaban J connectivity index is 1.76. The highest BCUT2D eigenvalue weighted by Crippen LogP contribution is 2.23. The average Bonchev–Trinajstić information content (AvgIpc) is 2.87. The fraction of sp³-hybridized carbons (Fsp3) is 0.375. The number of halogens is 3. The van der Waals surface area contributed by atoms with E-state index in [4.69, 9.17) is 0 Å². The maximum atomic E-state index is 12.5. The van der Waals surface area contributed by atoms with Gasteiger partial charge in [0, 0.05) is 36.3 Å². The van der Waals surface area contributed by atoms with Crippen molar-refractivity contribution in [1.82, 2.24) is 19.9 Å². The Morgan fingerprint density at radius 3 is 2.84 bits per heavy atom. The number of anilines is 1. The van der Waals surface area contributed by atoms with E-state index in [0.717, 1.165) is 4.90 Å². The molecule has 1 atom stereocenters. The number of pyridine rings is 1. The van der Waals surface area contributed by atoms with Crippen molar-refractivity contribution >= 4 is 11.7 Å². The average molecular weight is 351 g/mol. The first kappa shape index (κ1) is 17.1. The van der Waals surface area contributed by atoms with Gasteiger partial charge in [-0.25, -0.2) is 9.97 Å². The molecule has 3 rings (SSSR count). The zero-order valence-corrected chi connectivity index (χ0v) is 13.4. The summed E-state index contributed by atoms with van der Waals surface area (Å²) >= 11 is 0. The Labute approximate surface area is 142 Å². The van der Waals surface area contributed by atoms with Gasteiger partial charge in [0.1, 0.15) is 18.4 Å². The van der Waals surface area contributed by atoms with Gasteiger partial charge in [0.15, 0.2) is 5.82 Å². The minimum atomic E-state index is -4.40. The lowest BCUT2D eigenvalue weighted by Gasteiger charge is -2.19. The number of nitrogens with zero attached hydrogens (tertiary/aromatic N) is 4. The van der Waals surface area contributed by atoms with Crippen LogP contribution in [0.4, 0.5) is 19.0 Å². The molecular formula is C16H16F3N5O. The third-order valence-electron chi connectivity index (χ3n) is 3.76. The van der Waals surface area contributed by atoms with E-state index in [1.54, 1.807) is 37.5 Å². The van der Waals surface area contributed by atoms with Crippen LogP contribution in [0.3, 0.4) is 0 Å². The number of amides is 1. The van der Waals surface area contributed by atoms with E-state index in [9.17, 15) is 18.0 Å². The molecule has 1 saturated heterocycles. The van der Waals surface area contributed by atoms with E-state index in [0.29, 0.717) is 29.3 Å². The van der Waals surface area contributed by atoms with Crippen LogP contribution in [-0.2, 0) is 4.79 Å². The van der Waals surface area contributed by atoms with E-state index >= 15 is 0 Å². The van der Waals surface area contributed by atoms with E-state index < -0.39 is 24.7 Å². The van der Waals surface area contributed by atoms with E-state index in [-0.39, 0.29) is 6.54 Å². The normalized spacial score (nSPS) is 17.8. The van der Waals surface area contributed by atoms with Crippen LogP contribution in [-0.4, -0.2) is 51.1 Å². The molecule has 1 amide bonds. The first-order chi connectivity index (χ1) is 11.8. The van der Waals surface area contributed by atoms with Crippen molar-refractivity contribution in [2.45, 2.75) is 25.6 Å². The van der Waals surface area contributed by atoms with Gasteiger partial charge in [0.05, 0.1) is 0 Å². The van der Waals surface area contributed by atoms with Gasteiger partial charge >= 0.3 is 6.18 Å². The molecule has 2 aromatic rings. The number of aryl methyl sites for hydroxylation is 1. The van der Waals surface area contributed by atoms with Crippen molar-refractivity contribution in [3.63, 3.8) is 0 Å². The molecule has 1 unspecified atom stereocenters. The molecule has 2 aromatic heterocycles. The lowest BCUT2D eigenvalue weighted by Crippen LogP contribution is -2.39. The molecule has 25 heavy (non-hydrogen) atoms. The van der Waals surface area contributed by atoms with E-state index in [1.807, 2.05) is 0 Å². The van der Waals surface area contributed by atoms with Gasteiger partial charge in [-0.15, -0.1) is 0 Å². The molecule has 1 N–H and O–H groups in total. The molecule has 132 valence electrons. The maximum Gasteiger partial charge on any atom is 0.406 e. The predicted octanol–water partition coefficient (Wildman–Crippen LogP) is 2.42. The van der Waals surface area contributed by atoms with E-state index in [2.05, 4.69) is 20.3 Å². The van der Waals surface area contributed by atoms with Gasteiger partial charge in [-0.3, -0.25) is 9.78 Å². The quantitative estimate of drug-likeness (QED) is 0.916. The fourth-order valence-electron chi connectivity index (χ4n) is 2.69. The molecule has 9 heteroatoms. The largest absolute Gasteiger partial charge is 0.406 e. The third kappa shape index (κ3) is 4.23.